The molecule has 3 heterocycles. The summed E-state index contributed by atoms with van der Waals surface area (Å²) in [6, 6.07) is 64.0. The van der Waals surface area contributed by atoms with Crippen LogP contribution in [0, 0.1) is 12.3 Å². The maximum absolute atomic E-state index is 8.27. The molecule has 6 nitrogen and oxygen atoms in total. The van der Waals surface area contributed by atoms with Crippen LogP contribution in [0.25, 0.3) is 98.5 Å². The average Bonchev–Trinajstić information content (AvgIpc) is 3.88. The quantitative estimate of drug-likeness (QED) is 0.133. The van der Waals surface area contributed by atoms with E-state index in [1.807, 2.05) is 103 Å². The molecule has 0 bridgehead atoms. The van der Waals surface area contributed by atoms with Gasteiger partial charge in [0.1, 0.15) is 11.2 Å². The summed E-state index contributed by atoms with van der Waals surface area (Å²) in [5.74, 6) is 1.89. The fraction of sp³-hybridized carbons (Fsp3) is 0.0182. The van der Waals surface area contributed by atoms with Crippen LogP contribution in [-0.2, 0) is 0 Å². The summed E-state index contributed by atoms with van der Waals surface area (Å²) in [5, 5.41) is 18.7. The lowest BCUT2D eigenvalue weighted by atomic mass is 9.93. The van der Waals surface area contributed by atoms with E-state index in [1.54, 1.807) is 11.3 Å². The van der Waals surface area contributed by atoms with Crippen LogP contribution in [0.15, 0.2) is 192 Å². The van der Waals surface area contributed by atoms with E-state index in [1.165, 1.54) is 37.9 Å². The van der Waals surface area contributed by atoms with Crippen LogP contribution in [-0.4, -0.2) is 20.7 Å². The number of nitrogens with zero attached hydrogens (tertiary/aromatic N) is 3. The highest BCUT2D eigenvalue weighted by Crippen LogP contribution is 2.40. The van der Waals surface area contributed by atoms with Crippen LogP contribution in [0.4, 0.5) is 5.69 Å². The van der Waals surface area contributed by atoms with Crippen molar-refractivity contribution in [1.82, 2.24) is 15.0 Å². The Kier molecular flexibility index (Phi) is 9.10. The number of nitrogens with one attached hydrogen (secondary N) is 1. The Morgan fingerprint density at radius 1 is 0.484 bits per heavy atom. The molecule has 0 saturated carbocycles. The molecule has 9 aromatic carbocycles. The standard InChI is InChI=1S/C40H25N3O.C15H12N2S/c1-24-18-21-35-34(22-24)37-32(16-9-17-36(37)44-35)40-42-38(25-10-3-2-4-11-25)41-39(43-40)26-19-20-31-29-14-6-5-12-27(29)28-13-7-8-15-30(28)33(31)23-26;16-13(10-6-2-1-3-7-10)15-14(17)11-8-4-5-9-12(11)18-15/h2-23H,1H3;1-9,16H,17H2. The molecule has 0 spiro atoms. The summed E-state index contributed by atoms with van der Waals surface area (Å²) in [5.41, 5.74) is 13.9. The Hall–Kier alpha value is -8.00. The second-order valence-electron chi connectivity index (χ2n) is 15.4. The molecular formula is C55H37N5OS. The highest BCUT2D eigenvalue weighted by Gasteiger charge is 2.19. The fourth-order valence-corrected chi connectivity index (χ4v) is 9.60. The van der Waals surface area contributed by atoms with Gasteiger partial charge < -0.3 is 10.2 Å². The Bertz CT molecular complexity index is 3650. The minimum atomic E-state index is 0.495. The summed E-state index contributed by atoms with van der Waals surface area (Å²) >= 11 is 1.58. The third-order valence-electron chi connectivity index (χ3n) is 11.5. The van der Waals surface area contributed by atoms with E-state index in [4.69, 9.17) is 30.5 Å². The van der Waals surface area contributed by atoms with Crippen LogP contribution >= 0.6 is 11.3 Å². The predicted molar refractivity (Wildman–Crippen MR) is 259 cm³/mol. The van der Waals surface area contributed by atoms with Crippen LogP contribution in [0.3, 0.4) is 0 Å². The van der Waals surface area contributed by atoms with Crippen LogP contribution < -0.4 is 5.73 Å². The van der Waals surface area contributed by atoms with Gasteiger partial charge in [-0.15, -0.1) is 11.3 Å². The second-order valence-corrected chi connectivity index (χ2v) is 16.4. The highest BCUT2D eigenvalue weighted by atomic mass is 32.1. The molecule has 12 aromatic rings. The summed E-state index contributed by atoms with van der Waals surface area (Å²) in [4.78, 5) is 16.1. The van der Waals surface area contributed by atoms with Crippen molar-refractivity contribution in [2.24, 2.45) is 0 Å². The van der Waals surface area contributed by atoms with E-state index < -0.39 is 0 Å². The molecule has 7 heteroatoms. The first-order chi connectivity index (χ1) is 30.5. The molecule has 0 aliphatic heterocycles. The molecule has 0 radical (unpaired) electrons. The Morgan fingerprint density at radius 2 is 1.06 bits per heavy atom. The number of rotatable bonds is 5. The number of hydrogen-bond donors (Lipinski definition) is 2. The number of hydrogen-bond acceptors (Lipinski definition) is 7. The maximum atomic E-state index is 8.27. The number of aryl methyl sites for hydroxylation is 1. The lowest BCUT2D eigenvalue weighted by molar-refractivity contribution is 0.669. The SMILES string of the molecule is Cc1ccc2oc3cccc(-c4nc(-c5ccccc5)nc(-c5ccc6c7ccccc7c7ccccc7c6c5)n4)c3c2c1.N=C(c1ccccc1)c1sc2ccccc2c1N. The fourth-order valence-electron chi connectivity index (χ4n) is 8.50. The normalized spacial score (nSPS) is 11.4. The zero-order valence-electron chi connectivity index (χ0n) is 33.6. The van der Waals surface area contributed by atoms with Gasteiger partial charge in [0.25, 0.3) is 0 Å². The minimum absolute atomic E-state index is 0.495. The predicted octanol–water partition coefficient (Wildman–Crippen LogP) is 14.4. The van der Waals surface area contributed by atoms with Crippen molar-refractivity contribution in [3.8, 4) is 34.2 Å². The molecular weight excluding hydrogens is 779 g/mol. The molecule has 12 rings (SSSR count). The van der Waals surface area contributed by atoms with E-state index in [9.17, 15) is 0 Å². The van der Waals surface area contributed by atoms with E-state index in [0.29, 0.717) is 28.9 Å². The van der Waals surface area contributed by atoms with Crippen LogP contribution in [0.5, 0.6) is 0 Å². The maximum Gasteiger partial charge on any atom is 0.164 e. The Labute approximate surface area is 361 Å². The highest BCUT2D eigenvalue weighted by molar-refractivity contribution is 7.21. The summed E-state index contributed by atoms with van der Waals surface area (Å²) < 4.78 is 7.38. The number of nitrogens with two attached hydrogens (primary N) is 1. The third kappa shape index (κ3) is 6.43. The molecule has 0 saturated heterocycles. The molecule has 62 heavy (non-hydrogen) atoms. The van der Waals surface area contributed by atoms with Gasteiger partial charge in [0, 0.05) is 43.1 Å². The zero-order valence-corrected chi connectivity index (χ0v) is 34.4. The number of furan rings is 1. The number of benzene rings is 9. The van der Waals surface area contributed by atoms with Gasteiger partial charge in [-0.3, -0.25) is 5.41 Å². The molecule has 294 valence electrons. The van der Waals surface area contributed by atoms with Gasteiger partial charge in [-0.2, -0.15) is 0 Å². The van der Waals surface area contributed by atoms with Gasteiger partial charge >= 0.3 is 0 Å². The molecule has 3 N–H and O–H groups in total. The number of anilines is 1. The average molecular weight is 816 g/mol. The molecule has 0 aliphatic rings. The Balaban J connectivity index is 0.000000201. The molecule has 0 fully saturated rings. The molecule has 3 aromatic heterocycles. The lowest BCUT2D eigenvalue weighted by Gasteiger charge is -2.12. The smallest absolute Gasteiger partial charge is 0.164 e. The first kappa shape index (κ1) is 37.0. The molecule has 0 aliphatic carbocycles. The van der Waals surface area contributed by atoms with E-state index in [0.717, 1.165) is 59.2 Å². The van der Waals surface area contributed by atoms with Crippen LogP contribution in [0.2, 0.25) is 0 Å². The molecule has 0 amide bonds. The van der Waals surface area contributed by atoms with E-state index in [-0.39, 0.29) is 0 Å². The van der Waals surface area contributed by atoms with Gasteiger partial charge in [0.2, 0.25) is 0 Å². The summed E-state index contributed by atoms with van der Waals surface area (Å²) in [7, 11) is 0. The van der Waals surface area contributed by atoms with Crippen molar-refractivity contribution in [2.75, 3.05) is 5.73 Å². The summed E-state index contributed by atoms with van der Waals surface area (Å²) in [6.07, 6.45) is 0. The third-order valence-corrected chi connectivity index (χ3v) is 12.7. The first-order valence-electron chi connectivity index (χ1n) is 20.5. The topological polar surface area (TPSA) is 102 Å². The largest absolute Gasteiger partial charge is 0.456 e. The monoisotopic (exact) mass is 815 g/mol. The van der Waals surface area contributed by atoms with Gasteiger partial charge in [-0.25, -0.2) is 15.0 Å². The molecule has 0 atom stereocenters. The van der Waals surface area contributed by atoms with E-state index in [2.05, 4.69) is 91.9 Å². The van der Waals surface area contributed by atoms with Gasteiger partial charge in [0.05, 0.1) is 16.3 Å². The van der Waals surface area contributed by atoms with Gasteiger partial charge in [-0.1, -0.05) is 163 Å². The van der Waals surface area contributed by atoms with Crippen molar-refractivity contribution < 1.29 is 4.42 Å². The number of nitrogen functional groups attached to an aromatic ring is 1. The number of thiophene rings is 1. The van der Waals surface area contributed by atoms with Gasteiger partial charge in [0.15, 0.2) is 17.5 Å². The van der Waals surface area contributed by atoms with Crippen molar-refractivity contribution in [3.63, 3.8) is 0 Å². The van der Waals surface area contributed by atoms with E-state index >= 15 is 0 Å². The van der Waals surface area contributed by atoms with Crippen molar-refractivity contribution >= 4 is 87.1 Å². The van der Waals surface area contributed by atoms with Crippen molar-refractivity contribution in [2.45, 2.75) is 6.92 Å². The Morgan fingerprint density at radius 3 is 1.76 bits per heavy atom. The second kappa shape index (κ2) is 15.2. The van der Waals surface area contributed by atoms with Crippen molar-refractivity contribution in [1.29, 1.82) is 5.41 Å². The van der Waals surface area contributed by atoms with Crippen molar-refractivity contribution in [3.05, 3.63) is 204 Å². The van der Waals surface area contributed by atoms with Crippen LogP contribution in [0.1, 0.15) is 16.0 Å². The summed E-state index contributed by atoms with van der Waals surface area (Å²) in [6.45, 7) is 2.10. The first-order valence-corrected chi connectivity index (χ1v) is 21.3. The van der Waals surface area contributed by atoms with Gasteiger partial charge in [-0.05, 0) is 69.6 Å². The number of fused-ring (bicyclic) bond motifs is 10. The zero-order chi connectivity index (χ0) is 41.7. The molecule has 0 unspecified atom stereocenters. The minimum Gasteiger partial charge on any atom is -0.456 e. The number of aromatic nitrogens is 3. The lowest BCUT2D eigenvalue weighted by Crippen LogP contribution is -2.01.